The fraction of sp³-hybridized carbons (Fsp3) is 0.273. The molecule has 2 rings (SSSR count). The molecule has 0 N–H and O–H groups in total. The van der Waals surface area contributed by atoms with E-state index in [0.29, 0.717) is 0 Å². The molecule has 0 aliphatic heterocycles. The van der Waals surface area contributed by atoms with E-state index in [-0.39, 0.29) is 0 Å². The quantitative estimate of drug-likeness (QED) is 0.794. The topological polar surface area (TPSA) is 30.7 Å². The normalized spacial score (nSPS) is 10.7. The third-order valence-electron chi connectivity index (χ3n) is 2.32. The fourth-order valence-corrected chi connectivity index (χ4v) is 1.68. The highest BCUT2D eigenvalue weighted by atomic mass is 79.9. The predicted molar refractivity (Wildman–Crippen MR) is 63.3 cm³/mol. The summed E-state index contributed by atoms with van der Waals surface area (Å²) in [6.07, 6.45) is 1.85. The molecule has 0 aromatic carbocycles. The molecule has 0 bridgehead atoms. The van der Waals surface area contributed by atoms with Gasteiger partial charge in [0.1, 0.15) is 0 Å². The zero-order valence-corrected chi connectivity index (χ0v) is 10.5. The van der Waals surface area contributed by atoms with Crippen LogP contribution >= 0.6 is 15.9 Å². The molecule has 2 aromatic heterocycles. The Labute approximate surface area is 97.3 Å². The first kappa shape index (κ1) is 10.4. The Morgan fingerprint density at radius 3 is 2.40 bits per heavy atom. The molecule has 0 amide bonds. The van der Waals surface area contributed by atoms with Crippen molar-refractivity contribution in [1.82, 2.24) is 14.8 Å². The van der Waals surface area contributed by atoms with Gasteiger partial charge in [-0.3, -0.25) is 0 Å². The van der Waals surface area contributed by atoms with Gasteiger partial charge in [0.05, 0.1) is 15.9 Å². The van der Waals surface area contributed by atoms with Crippen molar-refractivity contribution < 1.29 is 0 Å². The number of aryl methyl sites for hydroxylation is 2. The molecule has 2 heterocycles. The van der Waals surface area contributed by atoms with Crippen molar-refractivity contribution in [1.29, 1.82) is 0 Å². The molecule has 0 aliphatic rings. The first-order valence-corrected chi connectivity index (χ1v) is 5.53. The van der Waals surface area contributed by atoms with Crippen molar-refractivity contribution in [3.05, 3.63) is 39.8 Å². The van der Waals surface area contributed by atoms with Crippen LogP contribution in [-0.2, 0) is 0 Å². The SMILES string of the molecule is Cc1ccc(-n2nc(C)c(Br)c2C)nc1. The summed E-state index contributed by atoms with van der Waals surface area (Å²) >= 11 is 3.50. The zero-order chi connectivity index (χ0) is 11.0. The highest BCUT2D eigenvalue weighted by Gasteiger charge is 2.10. The average molecular weight is 266 g/mol. The monoisotopic (exact) mass is 265 g/mol. The van der Waals surface area contributed by atoms with Crippen molar-refractivity contribution in [2.24, 2.45) is 0 Å². The van der Waals surface area contributed by atoms with Gasteiger partial charge >= 0.3 is 0 Å². The number of halogens is 1. The summed E-state index contributed by atoms with van der Waals surface area (Å²) in [6.45, 7) is 6.02. The molecule has 0 saturated carbocycles. The summed E-state index contributed by atoms with van der Waals surface area (Å²) in [4.78, 5) is 4.34. The standard InChI is InChI=1S/C11H12BrN3/c1-7-4-5-10(13-6-7)15-9(3)11(12)8(2)14-15/h4-6H,1-3H3. The molecule has 0 unspecified atom stereocenters. The van der Waals surface area contributed by atoms with E-state index in [1.165, 1.54) is 0 Å². The van der Waals surface area contributed by atoms with Crippen molar-refractivity contribution >= 4 is 15.9 Å². The molecule has 2 aromatic rings. The Bertz CT molecular complexity index is 485. The van der Waals surface area contributed by atoms with Crippen LogP contribution in [0.3, 0.4) is 0 Å². The van der Waals surface area contributed by atoms with Crippen molar-refractivity contribution in [3.63, 3.8) is 0 Å². The Morgan fingerprint density at radius 1 is 1.20 bits per heavy atom. The number of pyridine rings is 1. The van der Waals surface area contributed by atoms with Crippen LogP contribution in [0.5, 0.6) is 0 Å². The van der Waals surface area contributed by atoms with Crippen molar-refractivity contribution in [3.8, 4) is 5.82 Å². The van der Waals surface area contributed by atoms with Crippen molar-refractivity contribution in [2.45, 2.75) is 20.8 Å². The summed E-state index contributed by atoms with van der Waals surface area (Å²) in [5, 5.41) is 4.42. The molecule has 0 fully saturated rings. The summed E-state index contributed by atoms with van der Waals surface area (Å²) < 4.78 is 2.89. The van der Waals surface area contributed by atoms with Crippen LogP contribution in [0.15, 0.2) is 22.8 Å². The lowest BCUT2D eigenvalue weighted by molar-refractivity contribution is 0.805. The summed E-state index contributed by atoms with van der Waals surface area (Å²) in [7, 11) is 0. The maximum Gasteiger partial charge on any atom is 0.153 e. The van der Waals surface area contributed by atoms with E-state index in [9.17, 15) is 0 Å². The second-order valence-electron chi connectivity index (χ2n) is 3.59. The van der Waals surface area contributed by atoms with Gasteiger partial charge in [0, 0.05) is 6.20 Å². The minimum absolute atomic E-state index is 0.854. The first-order valence-electron chi connectivity index (χ1n) is 4.74. The summed E-state index contributed by atoms with van der Waals surface area (Å²) in [5.41, 5.74) is 3.21. The number of hydrogen-bond donors (Lipinski definition) is 0. The lowest BCUT2D eigenvalue weighted by atomic mass is 10.3. The molecule has 78 valence electrons. The predicted octanol–water partition coefficient (Wildman–Crippen LogP) is 2.96. The van der Waals surface area contributed by atoms with E-state index in [2.05, 4.69) is 26.0 Å². The van der Waals surface area contributed by atoms with Gasteiger partial charge in [-0.05, 0) is 48.3 Å². The molecule has 0 spiro atoms. The van der Waals surface area contributed by atoms with Gasteiger partial charge in [-0.15, -0.1) is 0 Å². The Hall–Kier alpha value is -1.16. The van der Waals surface area contributed by atoms with E-state index in [1.807, 2.05) is 43.8 Å². The van der Waals surface area contributed by atoms with Crippen LogP contribution in [0.4, 0.5) is 0 Å². The molecule has 3 nitrogen and oxygen atoms in total. The van der Waals surface area contributed by atoms with Crippen LogP contribution in [0, 0.1) is 20.8 Å². The third kappa shape index (κ3) is 1.81. The van der Waals surface area contributed by atoms with Gasteiger partial charge in [-0.25, -0.2) is 9.67 Å². The van der Waals surface area contributed by atoms with Gasteiger partial charge in [0.15, 0.2) is 5.82 Å². The highest BCUT2D eigenvalue weighted by Crippen LogP contribution is 2.21. The molecule has 15 heavy (non-hydrogen) atoms. The first-order chi connectivity index (χ1) is 7.09. The Balaban J connectivity index is 2.54. The number of aromatic nitrogens is 3. The van der Waals surface area contributed by atoms with Gasteiger partial charge < -0.3 is 0 Å². The lowest BCUT2D eigenvalue weighted by Crippen LogP contribution is -2.01. The molecular formula is C11H12BrN3. The third-order valence-corrected chi connectivity index (χ3v) is 3.46. The van der Waals surface area contributed by atoms with E-state index in [0.717, 1.165) is 27.2 Å². The Kier molecular flexibility index (Phi) is 2.61. The van der Waals surface area contributed by atoms with Gasteiger partial charge in [0.2, 0.25) is 0 Å². The van der Waals surface area contributed by atoms with E-state index in [1.54, 1.807) is 0 Å². The van der Waals surface area contributed by atoms with Crippen LogP contribution in [0.2, 0.25) is 0 Å². The highest BCUT2D eigenvalue weighted by molar-refractivity contribution is 9.10. The van der Waals surface area contributed by atoms with Crippen LogP contribution in [-0.4, -0.2) is 14.8 Å². The molecule has 0 aliphatic carbocycles. The minimum atomic E-state index is 0.854. The summed E-state index contributed by atoms with van der Waals surface area (Å²) in [6, 6.07) is 4.01. The molecule has 0 atom stereocenters. The van der Waals surface area contributed by atoms with Crippen molar-refractivity contribution in [2.75, 3.05) is 0 Å². The van der Waals surface area contributed by atoms with E-state index in [4.69, 9.17) is 0 Å². The number of hydrogen-bond acceptors (Lipinski definition) is 2. The van der Waals surface area contributed by atoms with Crippen LogP contribution in [0.25, 0.3) is 5.82 Å². The maximum absolute atomic E-state index is 4.42. The van der Waals surface area contributed by atoms with Gasteiger partial charge in [-0.2, -0.15) is 5.10 Å². The molecule has 0 saturated heterocycles. The smallest absolute Gasteiger partial charge is 0.153 e. The van der Waals surface area contributed by atoms with Gasteiger partial charge in [-0.1, -0.05) is 6.07 Å². The Morgan fingerprint density at radius 2 is 1.93 bits per heavy atom. The molecule has 0 radical (unpaired) electrons. The van der Waals surface area contributed by atoms with Crippen LogP contribution < -0.4 is 0 Å². The average Bonchev–Trinajstić information content (AvgIpc) is 2.47. The second kappa shape index (κ2) is 3.77. The zero-order valence-electron chi connectivity index (χ0n) is 8.95. The number of nitrogens with zero attached hydrogens (tertiary/aromatic N) is 3. The molecule has 4 heteroatoms. The van der Waals surface area contributed by atoms with Gasteiger partial charge in [0.25, 0.3) is 0 Å². The van der Waals surface area contributed by atoms with E-state index < -0.39 is 0 Å². The maximum atomic E-state index is 4.42. The largest absolute Gasteiger partial charge is 0.237 e. The minimum Gasteiger partial charge on any atom is -0.237 e. The molecular weight excluding hydrogens is 254 g/mol. The number of rotatable bonds is 1. The fourth-order valence-electron chi connectivity index (χ4n) is 1.43. The second-order valence-corrected chi connectivity index (χ2v) is 4.38. The summed E-state index contributed by atoms with van der Waals surface area (Å²) in [5.74, 6) is 0.854. The van der Waals surface area contributed by atoms with Crippen LogP contribution in [0.1, 0.15) is 17.0 Å². The lowest BCUT2D eigenvalue weighted by Gasteiger charge is -2.02. The van der Waals surface area contributed by atoms with E-state index >= 15 is 0 Å².